The van der Waals surface area contributed by atoms with E-state index in [0.29, 0.717) is 19.4 Å². The summed E-state index contributed by atoms with van der Waals surface area (Å²) in [5.41, 5.74) is 9.92. The molecular formula is C25H65N6O5Y3-3. The smallest absolute Gasteiger partial charge is 0.119 e. The average molecular weight is 797 g/mol. The van der Waals surface area contributed by atoms with Crippen molar-refractivity contribution in [2.24, 2.45) is 11.5 Å². The van der Waals surface area contributed by atoms with Gasteiger partial charge in [0.15, 0.2) is 0 Å². The molecule has 0 rings (SSSR count). The maximum atomic E-state index is 10.0. The maximum absolute atomic E-state index is 10.0. The second kappa shape index (κ2) is 97.6. The first-order chi connectivity index (χ1) is 14.4. The summed E-state index contributed by atoms with van der Waals surface area (Å²) in [5.74, 6) is 0. The summed E-state index contributed by atoms with van der Waals surface area (Å²) in [6, 6.07) is -0.877. The third kappa shape index (κ3) is 110. The van der Waals surface area contributed by atoms with E-state index >= 15 is 0 Å². The van der Waals surface area contributed by atoms with Gasteiger partial charge < -0.3 is 56.7 Å². The van der Waals surface area contributed by atoms with E-state index in [9.17, 15) is 19.2 Å². The summed E-state index contributed by atoms with van der Waals surface area (Å²) in [6.07, 6.45) is 6.88. The van der Waals surface area contributed by atoms with Crippen LogP contribution in [0, 0.1) is 0 Å². The molecule has 237 valence electrons. The van der Waals surface area contributed by atoms with Gasteiger partial charge in [-0.3, -0.25) is 0 Å². The Balaban J connectivity index is -0.0000000165. The Bertz CT molecular complexity index is 377. The van der Waals surface area contributed by atoms with Crippen LogP contribution < -0.4 is 32.7 Å². The fourth-order valence-corrected chi connectivity index (χ4v) is 1.04. The minimum absolute atomic E-state index is 0. The predicted molar refractivity (Wildman–Crippen MR) is 161 cm³/mol. The minimum Gasteiger partial charge on any atom is -0.540 e. The van der Waals surface area contributed by atoms with Crippen molar-refractivity contribution in [3.05, 3.63) is 0 Å². The van der Waals surface area contributed by atoms with E-state index in [4.69, 9.17) is 16.3 Å². The maximum Gasteiger partial charge on any atom is 0.119 e. The van der Waals surface area contributed by atoms with Gasteiger partial charge in [0.1, 0.15) is 12.6 Å². The van der Waals surface area contributed by atoms with Crippen LogP contribution in [-0.4, -0.2) is 96.9 Å². The van der Waals surface area contributed by atoms with Gasteiger partial charge in [0.2, 0.25) is 0 Å². The summed E-state index contributed by atoms with van der Waals surface area (Å²) in [5, 5.41) is 11.1. The van der Waals surface area contributed by atoms with Gasteiger partial charge in [-0.2, -0.15) is 0 Å². The Morgan fingerprint density at radius 2 is 0.974 bits per heavy atom. The molecule has 0 saturated heterocycles. The molecule has 39 heavy (non-hydrogen) atoms. The van der Waals surface area contributed by atoms with E-state index in [1.165, 1.54) is 6.92 Å². The van der Waals surface area contributed by atoms with Gasteiger partial charge in [0.05, 0.1) is 0 Å². The molecule has 0 aliphatic carbocycles. The number of rotatable bonds is 12. The molecule has 3 unspecified atom stereocenters. The molecule has 0 fully saturated rings. The first-order valence-electron chi connectivity index (χ1n) is 9.46. The fraction of sp³-hybridized carbons (Fsp3) is 0.800. The number of nitrogens with two attached hydrogens (primary N) is 2. The van der Waals surface area contributed by atoms with E-state index in [1.807, 2.05) is 20.1 Å². The monoisotopic (exact) mass is 796 g/mol. The van der Waals surface area contributed by atoms with Crippen LogP contribution in [0.1, 0.15) is 71.8 Å². The van der Waals surface area contributed by atoms with Crippen LogP contribution in [0.15, 0.2) is 0 Å². The normalized spacial score (nSPS) is 8.82. The predicted octanol–water partition coefficient (Wildman–Crippen LogP) is 1.19. The van der Waals surface area contributed by atoms with Gasteiger partial charge in [-0.1, -0.05) is 76.5 Å². The molecule has 0 aromatic heterocycles. The second-order valence-electron chi connectivity index (χ2n) is 4.97. The van der Waals surface area contributed by atoms with Crippen LogP contribution in [0.2, 0.25) is 0 Å². The van der Waals surface area contributed by atoms with E-state index < -0.39 is 6.04 Å². The molecular weight excluding hydrogens is 731 g/mol. The first-order valence-corrected chi connectivity index (χ1v) is 9.46. The van der Waals surface area contributed by atoms with E-state index in [0.717, 1.165) is 19.4 Å². The van der Waals surface area contributed by atoms with Crippen LogP contribution in [0.3, 0.4) is 0 Å². The average Bonchev–Trinajstić information content (AvgIpc) is 2.76. The fourth-order valence-electron chi connectivity index (χ4n) is 1.04. The summed E-state index contributed by atoms with van der Waals surface area (Å²) in [7, 11) is 5.02. The topological polar surface area (TPSA) is 186 Å². The van der Waals surface area contributed by atoms with Crippen molar-refractivity contribution in [3.8, 4) is 0 Å². The molecule has 11 nitrogen and oxygen atoms in total. The van der Waals surface area contributed by atoms with Crippen molar-refractivity contribution < 1.29 is 122 Å². The van der Waals surface area contributed by atoms with E-state index in [1.54, 1.807) is 33.7 Å². The molecule has 0 heterocycles. The van der Waals surface area contributed by atoms with Crippen molar-refractivity contribution in [1.29, 1.82) is 0 Å². The quantitative estimate of drug-likeness (QED) is 0.123. The third-order valence-electron chi connectivity index (χ3n) is 2.64. The van der Waals surface area contributed by atoms with Gasteiger partial charge in [-0.05, 0) is 60.7 Å². The van der Waals surface area contributed by atoms with Crippen molar-refractivity contribution in [2.45, 2.75) is 89.9 Å². The molecule has 0 aliphatic rings. The molecule has 0 aromatic carbocycles. The van der Waals surface area contributed by atoms with Crippen molar-refractivity contribution in [3.63, 3.8) is 0 Å². The van der Waals surface area contributed by atoms with Crippen LogP contribution in [-0.2, 0) is 122 Å². The first kappa shape index (κ1) is 90.0. The molecule has 0 aromatic rings. The number of hydrogen-bond donors (Lipinski definition) is 6. The Morgan fingerprint density at radius 1 is 0.692 bits per heavy atom. The van der Waals surface area contributed by atoms with Gasteiger partial charge in [0, 0.05) is 98.1 Å². The van der Waals surface area contributed by atoms with E-state index in [2.05, 4.69) is 21.3 Å². The Hall–Kier alpha value is 1.42. The molecule has 3 atom stereocenters. The number of hydrogen-bond acceptors (Lipinski definition) is 11. The number of likely N-dealkylation sites (N-methyl/N-ethyl adjacent to an activating group) is 4. The molecule has 0 spiro atoms. The number of nitrogens with one attached hydrogen (secondary N) is 4. The Morgan fingerprint density at radius 3 is 1.08 bits per heavy atom. The Labute approximate surface area is 319 Å². The zero-order valence-corrected chi connectivity index (χ0v) is 29.4. The number of carbonyl (C=O) groups is 2. The largest absolute Gasteiger partial charge is 0.540 e. The van der Waals surface area contributed by atoms with Gasteiger partial charge in [-0.25, -0.2) is 18.9 Å². The van der Waals surface area contributed by atoms with Crippen molar-refractivity contribution >= 4 is 31.4 Å². The molecule has 0 bridgehead atoms. The number of aldehydes is 2. The molecule has 0 aliphatic heterocycles. The summed E-state index contributed by atoms with van der Waals surface area (Å²) >= 11 is 0. The molecule has 0 saturated carbocycles. The SMILES string of the molecule is C.C.C.C.C.C.CC=O.CCN.CCNCC([C-]=O)NC.CNC([C-]=O)CC=O.CNC([C-]=O)CN.[Y].[Y].[Y]. The van der Waals surface area contributed by atoms with Crippen molar-refractivity contribution in [1.82, 2.24) is 21.3 Å². The van der Waals surface area contributed by atoms with Crippen molar-refractivity contribution in [2.75, 3.05) is 47.3 Å². The number of carbonyl (C=O) groups excluding carboxylic acids is 5. The van der Waals surface area contributed by atoms with Crippen LogP contribution in [0.25, 0.3) is 0 Å². The molecule has 14 heteroatoms. The third-order valence-corrected chi connectivity index (χ3v) is 2.64. The Kier molecular flexibility index (Phi) is 225. The van der Waals surface area contributed by atoms with Gasteiger partial charge >= 0.3 is 0 Å². The molecule has 0 amide bonds. The zero-order valence-electron chi connectivity index (χ0n) is 20.9. The molecule has 8 N–H and O–H groups in total. The second-order valence-corrected chi connectivity index (χ2v) is 4.97. The van der Waals surface area contributed by atoms with Gasteiger partial charge in [0.25, 0.3) is 0 Å². The standard InChI is InChI=1S/C6H13N2O.C5H8NO2.C4H9N2O.C2H7N.C2H4O.6CH4.3Y/c1-3-8-4-6(5-9)7-2;1-6-5(4-8)2-3-7;1-6-4(2-5)3-7;2*1-2-3;;;;;;;;;/h6-8H,3-4H2,1-2H3;3,5-6H,2H2,1H3;4,6H,2,5H2,1H3;2-3H2,1H3;2H,1H3;6*1H4;;;/q3*-1;;;;;;;;;;;. The minimum atomic E-state index is -0.424. The van der Waals surface area contributed by atoms with Crippen LogP contribution in [0.5, 0.6) is 0 Å². The van der Waals surface area contributed by atoms with E-state index in [-0.39, 0.29) is 161 Å². The van der Waals surface area contributed by atoms with Crippen LogP contribution >= 0.6 is 0 Å². The summed E-state index contributed by atoms with van der Waals surface area (Å²) in [4.78, 5) is 48.0. The zero-order chi connectivity index (χ0) is 24.6. The molecule has 3 radical (unpaired) electrons. The van der Waals surface area contributed by atoms with Crippen LogP contribution in [0.4, 0.5) is 0 Å². The summed E-state index contributed by atoms with van der Waals surface area (Å²) < 4.78 is 0. The summed E-state index contributed by atoms with van der Waals surface area (Å²) in [6.45, 7) is 7.97. The van der Waals surface area contributed by atoms with Gasteiger partial charge in [-0.15, -0.1) is 0 Å².